The first kappa shape index (κ1) is 11.0. The Morgan fingerprint density at radius 1 is 1.44 bits per heavy atom. The lowest BCUT2D eigenvalue weighted by molar-refractivity contribution is 0.550. The number of rotatable bonds is 2. The number of hydrogen-bond acceptors (Lipinski definition) is 4. The number of hydrogen-bond donors (Lipinski definition) is 0. The molecule has 0 spiro atoms. The molecule has 0 fully saturated rings. The van der Waals surface area contributed by atoms with E-state index in [9.17, 15) is 12.3 Å². The van der Waals surface area contributed by atoms with E-state index in [0.29, 0.717) is 0 Å². The van der Waals surface area contributed by atoms with Gasteiger partial charge in [0, 0.05) is 12.4 Å². The molecule has 0 bridgehead atoms. The van der Waals surface area contributed by atoms with E-state index in [0.717, 1.165) is 0 Å². The van der Waals surface area contributed by atoms with Crippen LogP contribution >= 0.6 is 0 Å². The normalized spacial score (nSPS) is 12.5. The molecule has 0 aliphatic rings. The van der Waals surface area contributed by atoms with E-state index in [2.05, 4.69) is 10.1 Å². The SMILES string of the molecule is CC(C)c1nn2cccnc2c1S(=O)(=O)F. The van der Waals surface area contributed by atoms with Crippen LogP contribution in [0.25, 0.3) is 5.65 Å². The van der Waals surface area contributed by atoms with Crippen LogP contribution in [0.1, 0.15) is 25.5 Å². The fourth-order valence-electron chi connectivity index (χ4n) is 1.49. The van der Waals surface area contributed by atoms with Gasteiger partial charge in [0.05, 0.1) is 5.69 Å². The lowest BCUT2D eigenvalue weighted by Gasteiger charge is -2.00. The van der Waals surface area contributed by atoms with Gasteiger partial charge in [-0.15, -0.1) is 3.89 Å². The summed E-state index contributed by atoms with van der Waals surface area (Å²) in [7, 11) is -4.81. The van der Waals surface area contributed by atoms with Crippen LogP contribution in [0.5, 0.6) is 0 Å². The van der Waals surface area contributed by atoms with E-state index in [-0.39, 0.29) is 17.3 Å². The summed E-state index contributed by atoms with van der Waals surface area (Å²) in [5.74, 6) is -0.192. The fraction of sp³-hybridized carbons (Fsp3) is 0.333. The quantitative estimate of drug-likeness (QED) is 0.750. The smallest absolute Gasteiger partial charge is 0.236 e. The van der Waals surface area contributed by atoms with E-state index < -0.39 is 15.1 Å². The maximum Gasteiger partial charge on any atom is 0.337 e. The molecule has 2 aromatic heterocycles. The van der Waals surface area contributed by atoms with Crippen LogP contribution in [-0.2, 0) is 10.2 Å². The largest absolute Gasteiger partial charge is 0.337 e. The molecule has 0 unspecified atom stereocenters. The maximum atomic E-state index is 13.2. The van der Waals surface area contributed by atoms with Crippen LogP contribution in [0.15, 0.2) is 23.4 Å². The van der Waals surface area contributed by atoms with Crippen LogP contribution in [0.4, 0.5) is 3.89 Å². The van der Waals surface area contributed by atoms with E-state index in [1.807, 2.05) is 0 Å². The Morgan fingerprint density at radius 3 is 2.69 bits per heavy atom. The molecule has 2 aromatic rings. The van der Waals surface area contributed by atoms with Crippen LogP contribution in [0, 0.1) is 0 Å². The third-order valence-electron chi connectivity index (χ3n) is 2.17. The maximum absolute atomic E-state index is 13.2. The first-order valence-electron chi connectivity index (χ1n) is 4.69. The summed E-state index contributed by atoms with van der Waals surface area (Å²) < 4.78 is 36.6. The molecular weight excluding hydrogens is 233 g/mol. The zero-order valence-corrected chi connectivity index (χ0v) is 9.57. The predicted molar refractivity (Wildman–Crippen MR) is 55.4 cm³/mol. The molecule has 0 atom stereocenters. The highest BCUT2D eigenvalue weighted by molar-refractivity contribution is 7.86. The van der Waals surface area contributed by atoms with Gasteiger partial charge in [0.25, 0.3) is 0 Å². The average Bonchev–Trinajstić information content (AvgIpc) is 2.55. The third-order valence-corrected chi connectivity index (χ3v) is 3.05. The second kappa shape index (κ2) is 3.51. The number of fused-ring (bicyclic) bond motifs is 1. The van der Waals surface area contributed by atoms with Crippen molar-refractivity contribution in [2.45, 2.75) is 24.7 Å². The summed E-state index contributed by atoms with van der Waals surface area (Å²) in [6, 6.07) is 1.60. The molecule has 2 heterocycles. The highest BCUT2D eigenvalue weighted by Gasteiger charge is 2.27. The van der Waals surface area contributed by atoms with Crippen molar-refractivity contribution in [3.8, 4) is 0 Å². The zero-order chi connectivity index (χ0) is 11.9. The molecule has 0 saturated carbocycles. The Bertz CT molecular complexity index is 633. The van der Waals surface area contributed by atoms with Crippen LogP contribution in [-0.4, -0.2) is 23.0 Å². The highest BCUT2D eigenvalue weighted by Crippen LogP contribution is 2.27. The molecule has 86 valence electrons. The fourth-order valence-corrected chi connectivity index (χ4v) is 2.39. The minimum Gasteiger partial charge on any atom is -0.236 e. The minimum atomic E-state index is -4.81. The Labute approximate surface area is 92.1 Å². The molecule has 7 heteroatoms. The van der Waals surface area contributed by atoms with Gasteiger partial charge in [-0.05, 0) is 12.0 Å². The molecule has 5 nitrogen and oxygen atoms in total. The number of nitrogens with zero attached hydrogens (tertiary/aromatic N) is 3. The van der Waals surface area contributed by atoms with Gasteiger partial charge in [0.1, 0.15) is 0 Å². The summed E-state index contributed by atoms with van der Waals surface area (Å²) in [5, 5.41) is 4.01. The van der Waals surface area contributed by atoms with Crippen molar-refractivity contribution in [2.75, 3.05) is 0 Å². The molecule has 16 heavy (non-hydrogen) atoms. The molecule has 0 aliphatic heterocycles. The second-order valence-electron chi connectivity index (χ2n) is 3.69. The van der Waals surface area contributed by atoms with Crippen molar-refractivity contribution in [3.63, 3.8) is 0 Å². The number of halogens is 1. The molecule has 0 amide bonds. The molecular formula is C9H10FN3O2S. The topological polar surface area (TPSA) is 64.3 Å². The number of aromatic nitrogens is 3. The molecule has 0 saturated heterocycles. The van der Waals surface area contributed by atoms with Gasteiger partial charge >= 0.3 is 10.2 Å². The van der Waals surface area contributed by atoms with Gasteiger partial charge < -0.3 is 0 Å². The molecule has 0 radical (unpaired) electrons. The monoisotopic (exact) mass is 243 g/mol. The van der Waals surface area contributed by atoms with Gasteiger partial charge in [-0.1, -0.05) is 13.8 Å². The third kappa shape index (κ3) is 1.67. The minimum absolute atomic E-state index is 0.0219. The first-order chi connectivity index (χ1) is 7.41. The Hall–Kier alpha value is -1.50. The van der Waals surface area contributed by atoms with Crippen molar-refractivity contribution in [3.05, 3.63) is 24.2 Å². The molecule has 0 aromatic carbocycles. The van der Waals surface area contributed by atoms with Gasteiger partial charge in [-0.2, -0.15) is 13.5 Å². The van der Waals surface area contributed by atoms with Crippen molar-refractivity contribution in [1.29, 1.82) is 0 Å². The summed E-state index contributed by atoms with van der Waals surface area (Å²) in [5.41, 5.74) is 0.218. The van der Waals surface area contributed by atoms with Crippen LogP contribution in [0.2, 0.25) is 0 Å². The predicted octanol–water partition coefficient (Wildman–Crippen LogP) is 1.51. The van der Waals surface area contributed by atoms with E-state index in [1.54, 1.807) is 19.9 Å². The van der Waals surface area contributed by atoms with Gasteiger partial charge in [-0.3, -0.25) is 0 Å². The van der Waals surface area contributed by atoms with Gasteiger partial charge in [0.15, 0.2) is 10.5 Å². The highest BCUT2D eigenvalue weighted by atomic mass is 32.3. The Morgan fingerprint density at radius 2 is 2.12 bits per heavy atom. The van der Waals surface area contributed by atoms with Crippen LogP contribution in [0.3, 0.4) is 0 Å². The lowest BCUT2D eigenvalue weighted by Crippen LogP contribution is -1.99. The summed E-state index contributed by atoms with van der Waals surface area (Å²) in [4.78, 5) is 3.40. The van der Waals surface area contributed by atoms with Crippen molar-refractivity contribution in [1.82, 2.24) is 14.6 Å². The average molecular weight is 243 g/mol. The van der Waals surface area contributed by atoms with E-state index in [4.69, 9.17) is 0 Å². The van der Waals surface area contributed by atoms with E-state index in [1.165, 1.54) is 16.9 Å². The second-order valence-corrected chi connectivity index (χ2v) is 4.98. The Balaban J connectivity index is 2.91. The summed E-state index contributed by atoms with van der Waals surface area (Å²) in [6.45, 7) is 3.49. The van der Waals surface area contributed by atoms with Crippen molar-refractivity contribution < 1.29 is 12.3 Å². The van der Waals surface area contributed by atoms with Crippen molar-refractivity contribution >= 4 is 15.9 Å². The van der Waals surface area contributed by atoms with Gasteiger partial charge in [-0.25, -0.2) is 9.50 Å². The summed E-state index contributed by atoms with van der Waals surface area (Å²) in [6.07, 6.45) is 2.93. The standard InChI is InChI=1S/C9H10FN3O2S/c1-6(2)7-8(16(10,14)15)9-11-4-3-5-13(9)12-7/h3-6H,1-2H3. The Kier molecular flexibility index (Phi) is 2.42. The lowest BCUT2D eigenvalue weighted by atomic mass is 10.1. The zero-order valence-electron chi connectivity index (χ0n) is 8.75. The first-order valence-corrected chi connectivity index (χ1v) is 6.07. The van der Waals surface area contributed by atoms with E-state index >= 15 is 0 Å². The van der Waals surface area contributed by atoms with Crippen molar-refractivity contribution in [2.24, 2.45) is 0 Å². The molecule has 0 N–H and O–H groups in total. The van der Waals surface area contributed by atoms with Crippen LogP contribution < -0.4 is 0 Å². The summed E-state index contributed by atoms with van der Waals surface area (Å²) >= 11 is 0. The molecule has 0 aliphatic carbocycles. The molecule has 2 rings (SSSR count). The van der Waals surface area contributed by atoms with Gasteiger partial charge in [0.2, 0.25) is 0 Å².